The highest BCUT2D eigenvalue weighted by Crippen LogP contribution is 2.48. The monoisotopic (exact) mass is 222 g/mol. The average Bonchev–Trinajstić information content (AvgIpc) is 2.17. The van der Waals surface area contributed by atoms with E-state index in [1.165, 1.54) is 0 Å². The number of carbonyl (C=O) groups is 1. The first-order chi connectivity index (χ1) is 7.25. The molecule has 2 unspecified atom stereocenters. The molecule has 0 aliphatic heterocycles. The highest BCUT2D eigenvalue weighted by molar-refractivity contribution is 5.75. The summed E-state index contributed by atoms with van der Waals surface area (Å²) in [7, 11) is 0. The summed E-state index contributed by atoms with van der Waals surface area (Å²) in [4.78, 5) is 11.5. The molecule has 0 aromatic rings. The van der Waals surface area contributed by atoms with E-state index in [1.54, 1.807) is 0 Å². The average molecular weight is 222 g/mol. The second kappa shape index (κ2) is 4.08. The summed E-state index contributed by atoms with van der Waals surface area (Å²) in [6, 6.07) is 0. The predicted molar refractivity (Wildman–Crippen MR) is 66.1 cm³/mol. The third-order valence-electron chi connectivity index (χ3n) is 3.84. The van der Waals surface area contributed by atoms with Crippen LogP contribution in [-0.4, -0.2) is 11.1 Å². The molecule has 0 heterocycles. The summed E-state index contributed by atoms with van der Waals surface area (Å²) in [5.41, 5.74) is -0.885. The van der Waals surface area contributed by atoms with Crippen molar-refractivity contribution < 1.29 is 9.90 Å². The summed E-state index contributed by atoms with van der Waals surface area (Å²) < 4.78 is 0. The van der Waals surface area contributed by atoms with Crippen LogP contribution in [0.25, 0.3) is 0 Å². The van der Waals surface area contributed by atoms with Crippen molar-refractivity contribution >= 4 is 5.97 Å². The maximum atomic E-state index is 11.5. The van der Waals surface area contributed by atoms with E-state index in [1.807, 2.05) is 19.9 Å². The number of hydrogen-bond acceptors (Lipinski definition) is 1. The molecule has 2 heteroatoms. The predicted octanol–water partition coefficient (Wildman–Crippen LogP) is 3.50. The van der Waals surface area contributed by atoms with E-state index in [4.69, 9.17) is 0 Å². The highest BCUT2D eigenvalue weighted by atomic mass is 16.4. The molecule has 0 spiro atoms. The molecule has 2 nitrogen and oxygen atoms in total. The highest BCUT2D eigenvalue weighted by Gasteiger charge is 2.47. The Labute approximate surface area is 98.1 Å². The Kier molecular flexibility index (Phi) is 3.32. The van der Waals surface area contributed by atoms with E-state index in [-0.39, 0.29) is 11.3 Å². The summed E-state index contributed by atoms with van der Waals surface area (Å²) in [5, 5.41) is 9.48. The van der Waals surface area contributed by atoms with Gasteiger partial charge in [-0.1, -0.05) is 39.0 Å². The number of rotatable bonds is 3. The normalized spacial score (nSPS) is 38.7. The maximum absolute atomic E-state index is 11.5. The van der Waals surface area contributed by atoms with Crippen molar-refractivity contribution in [2.24, 2.45) is 22.7 Å². The maximum Gasteiger partial charge on any atom is 0.310 e. The van der Waals surface area contributed by atoms with Crippen LogP contribution in [0.15, 0.2) is 24.8 Å². The van der Waals surface area contributed by atoms with Gasteiger partial charge in [0, 0.05) is 5.41 Å². The minimum Gasteiger partial charge on any atom is -0.481 e. The first-order valence-corrected chi connectivity index (χ1v) is 5.81. The number of aliphatic carboxylic acids is 1. The molecule has 1 aliphatic carbocycles. The van der Waals surface area contributed by atoms with Crippen LogP contribution in [0.4, 0.5) is 0 Å². The Morgan fingerprint density at radius 1 is 1.56 bits per heavy atom. The summed E-state index contributed by atoms with van der Waals surface area (Å²) in [6.07, 6.45) is 6.64. The Balaban J connectivity index is 3.18. The molecule has 0 amide bonds. The van der Waals surface area contributed by atoms with E-state index in [2.05, 4.69) is 32.6 Å². The third-order valence-corrected chi connectivity index (χ3v) is 3.84. The zero-order valence-corrected chi connectivity index (χ0v) is 10.7. The molecular formula is C14H22O2. The SMILES string of the molecule is C=CC1(C)C=CC(C(C)C)[C@@](C)(C(=O)O)C1. The van der Waals surface area contributed by atoms with Gasteiger partial charge in [-0.25, -0.2) is 0 Å². The molecule has 3 atom stereocenters. The van der Waals surface area contributed by atoms with Crippen molar-refractivity contribution in [3.8, 4) is 0 Å². The largest absolute Gasteiger partial charge is 0.481 e. The number of allylic oxidation sites excluding steroid dienone is 3. The van der Waals surface area contributed by atoms with E-state index >= 15 is 0 Å². The number of carboxylic acids is 1. The smallest absolute Gasteiger partial charge is 0.310 e. The minimum absolute atomic E-state index is 0.0954. The first-order valence-electron chi connectivity index (χ1n) is 5.81. The molecule has 1 aliphatic rings. The Morgan fingerprint density at radius 2 is 2.12 bits per heavy atom. The quantitative estimate of drug-likeness (QED) is 0.742. The standard InChI is InChI=1S/C14H22O2/c1-6-13(4)8-7-11(10(2)3)14(5,9-13)12(15)16/h6-8,10-11H,1,9H2,2-5H3,(H,15,16)/t11?,13?,14-/m0/s1. The Hall–Kier alpha value is -1.05. The number of carboxylic acid groups (broad SMARTS) is 1. The molecule has 0 aromatic heterocycles. The van der Waals surface area contributed by atoms with Crippen molar-refractivity contribution in [1.29, 1.82) is 0 Å². The molecule has 16 heavy (non-hydrogen) atoms. The van der Waals surface area contributed by atoms with Gasteiger partial charge in [0.1, 0.15) is 0 Å². The second-order valence-corrected chi connectivity index (χ2v) is 5.74. The van der Waals surface area contributed by atoms with Crippen molar-refractivity contribution in [1.82, 2.24) is 0 Å². The van der Waals surface area contributed by atoms with Crippen LogP contribution in [0.5, 0.6) is 0 Å². The van der Waals surface area contributed by atoms with Crippen molar-refractivity contribution in [2.75, 3.05) is 0 Å². The van der Waals surface area contributed by atoms with E-state index in [9.17, 15) is 9.90 Å². The molecule has 0 saturated carbocycles. The molecule has 90 valence electrons. The van der Waals surface area contributed by atoms with Crippen LogP contribution in [0, 0.1) is 22.7 Å². The van der Waals surface area contributed by atoms with Gasteiger partial charge in [0.15, 0.2) is 0 Å². The van der Waals surface area contributed by atoms with Crippen molar-refractivity contribution in [2.45, 2.75) is 34.1 Å². The summed E-state index contributed by atoms with van der Waals surface area (Å²) in [6.45, 7) is 11.8. The van der Waals surface area contributed by atoms with Gasteiger partial charge in [-0.15, -0.1) is 6.58 Å². The van der Waals surface area contributed by atoms with Gasteiger partial charge in [0.2, 0.25) is 0 Å². The van der Waals surface area contributed by atoms with Crippen molar-refractivity contribution in [3.05, 3.63) is 24.8 Å². The van der Waals surface area contributed by atoms with E-state index in [0.29, 0.717) is 12.3 Å². The third kappa shape index (κ3) is 2.06. The van der Waals surface area contributed by atoms with Crippen LogP contribution in [-0.2, 0) is 4.79 Å². The minimum atomic E-state index is -0.705. The molecule has 0 saturated heterocycles. The lowest BCUT2D eigenvalue weighted by Crippen LogP contribution is -2.43. The van der Waals surface area contributed by atoms with Gasteiger partial charge < -0.3 is 5.11 Å². The van der Waals surface area contributed by atoms with E-state index in [0.717, 1.165) is 0 Å². The molecule has 0 aromatic carbocycles. The van der Waals surface area contributed by atoms with Gasteiger partial charge in [-0.2, -0.15) is 0 Å². The Bertz CT molecular complexity index is 330. The van der Waals surface area contributed by atoms with Crippen molar-refractivity contribution in [3.63, 3.8) is 0 Å². The fourth-order valence-electron chi connectivity index (χ4n) is 2.82. The van der Waals surface area contributed by atoms with Crippen LogP contribution in [0.3, 0.4) is 0 Å². The summed E-state index contributed by atoms with van der Waals surface area (Å²) >= 11 is 0. The zero-order chi connectivity index (χ0) is 12.6. The van der Waals surface area contributed by atoms with Gasteiger partial charge in [-0.3, -0.25) is 4.79 Å². The van der Waals surface area contributed by atoms with Gasteiger partial charge in [0.05, 0.1) is 5.41 Å². The lowest BCUT2D eigenvalue weighted by Gasteiger charge is -2.43. The lowest BCUT2D eigenvalue weighted by atomic mass is 9.59. The van der Waals surface area contributed by atoms with E-state index < -0.39 is 11.4 Å². The zero-order valence-electron chi connectivity index (χ0n) is 10.7. The molecule has 0 fully saturated rings. The van der Waals surface area contributed by atoms with Gasteiger partial charge >= 0.3 is 5.97 Å². The van der Waals surface area contributed by atoms with Crippen LogP contribution >= 0.6 is 0 Å². The van der Waals surface area contributed by atoms with Gasteiger partial charge in [-0.05, 0) is 25.2 Å². The van der Waals surface area contributed by atoms with Crippen LogP contribution < -0.4 is 0 Å². The Morgan fingerprint density at radius 3 is 2.50 bits per heavy atom. The lowest BCUT2D eigenvalue weighted by molar-refractivity contribution is -0.153. The first kappa shape index (κ1) is 13.0. The molecular weight excluding hydrogens is 200 g/mol. The number of hydrogen-bond donors (Lipinski definition) is 1. The molecule has 0 radical (unpaired) electrons. The second-order valence-electron chi connectivity index (χ2n) is 5.74. The fraction of sp³-hybridized carbons (Fsp3) is 0.643. The molecule has 1 N–H and O–H groups in total. The van der Waals surface area contributed by atoms with Gasteiger partial charge in [0.25, 0.3) is 0 Å². The molecule has 0 bridgehead atoms. The molecule has 1 rings (SSSR count). The fourth-order valence-corrected chi connectivity index (χ4v) is 2.82. The topological polar surface area (TPSA) is 37.3 Å². The van der Waals surface area contributed by atoms with Crippen LogP contribution in [0.2, 0.25) is 0 Å². The van der Waals surface area contributed by atoms with Crippen LogP contribution in [0.1, 0.15) is 34.1 Å². The summed E-state index contributed by atoms with van der Waals surface area (Å²) in [5.74, 6) is -0.270.